The van der Waals surface area contributed by atoms with Crippen molar-refractivity contribution < 1.29 is 9.53 Å². The number of carbonyl (C=O) groups excluding carboxylic acids is 1. The number of nitrogens with zero attached hydrogens (tertiary/aromatic N) is 2. The molecule has 0 bridgehead atoms. The summed E-state index contributed by atoms with van der Waals surface area (Å²) in [5.41, 5.74) is 3.18. The Bertz CT molecular complexity index is 585. The van der Waals surface area contributed by atoms with Crippen LogP contribution in [0.25, 0.3) is 0 Å². The largest absolute Gasteiger partial charge is 0.501 e. The lowest BCUT2D eigenvalue weighted by Crippen LogP contribution is -2.30. The van der Waals surface area contributed by atoms with Crippen LogP contribution >= 0.6 is 0 Å². The summed E-state index contributed by atoms with van der Waals surface area (Å²) < 4.78 is 5.11. The van der Waals surface area contributed by atoms with E-state index in [1.165, 1.54) is 0 Å². The van der Waals surface area contributed by atoms with Crippen LogP contribution in [0.5, 0.6) is 0 Å². The zero-order chi connectivity index (χ0) is 18.1. The summed E-state index contributed by atoms with van der Waals surface area (Å²) in [5.74, 6) is 0.836. The Balaban J connectivity index is 2.73. The number of nitrogens with one attached hydrogen (secondary N) is 1. The van der Waals surface area contributed by atoms with Crippen LogP contribution < -0.4 is 5.32 Å². The Morgan fingerprint density at radius 3 is 2.71 bits per heavy atom. The molecule has 1 aliphatic rings. The molecule has 1 fully saturated rings. The Morgan fingerprint density at radius 2 is 2.12 bits per heavy atom. The van der Waals surface area contributed by atoms with Crippen molar-refractivity contribution in [2.75, 3.05) is 27.2 Å². The maximum atomic E-state index is 12.2. The highest BCUT2D eigenvalue weighted by Gasteiger charge is 2.29. The predicted molar refractivity (Wildman–Crippen MR) is 100 cm³/mol. The molecule has 0 radical (unpaired) electrons. The monoisotopic (exact) mass is 331 g/mol. The summed E-state index contributed by atoms with van der Waals surface area (Å²) in [6.07, 6.45) is 8.54. The number of rotatable bonds is 8. The molecule has 0 aromatic carbocycles. The van der Waals surface area contributed by atoms with Gasteiger partial charge in [-0.2, -0.15) is 0 Å². The summed E-state index contributed by atoms with van der Waals surface area (Å²) in [6.45, 7) is 11.0. The van der Waals surface area contributed by atoms with Crippen molar-refractivity contribution in [3.05, 3.63) is 47.8 Å². The Hall–Kier alpha value is -2.30. The normalized spacial score (nSPS) is 20.3. The quantitative estimate of drug-likeness (QED) is 0.421. The molecule has 24 heavy (non-hydrogen) atoms. The van der Waals surface area contributed by atoms with Gasteiger partial charge in [0.1, 0.15) is 0 Å². The van der Waals surface area contributed by atoms with Crippen LogP contribution in [-0.2, 0) is 4.74 Å². The van der Waals surface area contributed by atoms with E-state index >= 15 is 0 Å². The summed E-state index contributed by atoms with van der Waals surface area (Å²) in [5, 5.41) is 3.02. The van der Waals surface area contributed by atoms with Crippen LogP contribution in [0.3, 0.4) is 0 Å². The van der Waals surface area contributed by atoms with E-state index in [2.05, 4.69) is 23.0 Å². The average molecular weight is 331 g/mol. The van der Waals surface area contributed by atoms with Gasteiger partial charge in [-0.25, -0.2) is 4.79 Å². The van der Waals surface area contributed by atoms with Gasteiger partial charge in [0, 0.05) is 32.3 Å². The fraction of sp³-hybridized carbons (Fsp3) is 0.474. The standard InChI is InChI=1S/C19H29N3O2/c1-7-17(11-9-15(3)20-5)18-13-22(19(23)21-18)12-14(2)8-10-16(4)24-6/h7-8,10-11,18H,1,9,12-13H2,2-6H3,(H,21,23)/b14-8?,16-10?,17-11+,20-15?. The lowest BCUT2D eigenvalue weighted by molar-refractivity contribution is 0.221. The van der Waals surface area contributed by atoms with E-state index in [0.29, 0.717) is 13.1 Å². The molecule has 1 unspecified atom stereocenters. The molecule has 1 N–H and O–H groups in total. The molecule has 1 aliphatic heterocycles. The van der Waals surface area contributed by atoms with Gasteiger partial charge in [-0.1, -0.05) is 30.4 Å². The van der Waals surface area contributed by atoms with E-state index in [1.54, 1.807) is 14.2 Å². The number of amides is 2. The van der Waals surface area contributed by atoms with E-state index in [1.807, 2.05) is 43.9 Å². The second-order valence-electron chi connectivity index (χ2n) is 5.95. The molecule has 0 spiro atoms. The Kier molecular flexibility index (Phi) is 8.02. The molecule has 1 heterocycles. The number of carbonyl (C=O) groups is 1. The zero-order valence-electron chi connectivity index (χ0n) is 15.4. The molecule has 2 amide bonds. The molecule has 0 aromatic rings. The lowest BCUT2D eigenvalue weighted by Gasteiger charge is -2.15. The first-order valence-corrected chi connectivity index (χ1v) is 8.09. The van der Waals surface area contributed by atoms with Gasteiger partial charge in [-0.15, -0.1) is 0 Å². The lowest BCUT2D eigenvalue weighted by atomic mass is 10.1. The molecular weight excluding hydrogens is 302 g/mol. The number of urea groups is 1. The van der Waals surface area contributed by atoms with Gasteiger partial charge in [0.2, 0.25) is 0 Å². The van der Waals surface area contributed by atoms with Crippen molar-refractivity contribution in [2.24, 2.45) is 4.99 Å². The zero-order valence-corrected chi connectivity index (χ0v) is 15.4. The van der Waals surface area contributed by atoms with Crippen molar-refractivity contribution in [3.63, 3.8) is 0 Å². The molecule has 0 aromatic heterocycles. The summed E-state index contributed by atoms with van der Waals surface area (Å²) >= 11 is 0. The van der Waals surface area contributed by atoms with Gasteiger partial charge in [0.25, 0.3) is 0 Å². The third-order valence-corrected chi connectivity index (χ3v) is 4.01. The number of ether oxygens (including phenoxy) is 1. The minimum atomic E-state index is -0.0474. The molecule has 0 saturated carbocycles. The van der Waals surface area contributed by atoms with E-state index in [4.69, 9.17) is 4.74 Å². The minimum absolute atomic E-state index is 0.0243. The van der Waals surface area contributed by atoms with Crippen LogP contribution in [-0.4, -0.2) is 49.9 Å². The molecule has 0 aliphatic carbocycles. The van der Waals surface area contributed by atoms with Crippen LogP contribution in [0.15, 0.2) is 52.8 Å². The van der Waals surface area contributed by atoms with Gasteiger partial charge in [0.15, 0.2) is 0 Å². The summed E-state index contributed by atoms with van der Waals surface area (Å²) in [7, 11) is 3.42. The van der Waals surface area contributed by atoms with Crippen molar-refractivity contribution >= 4 is 11.7 Å². The van der Waals surface area contributed by atoms with E-state index < -0.39 is 0 Å². The highest BCUT2D eigenvalue weighted by molar-refractivity contribution is 5.83. The average Bonchev–Trinajstić information content (AvgIpc) is 2.93. The van der Waals surface area contributed by atoms with E-state index in [9.17, 15) is 4.79 Å². The van der Waals surface area contributed by atoms with E-state index in [-0.39, 0.29) is 12.1 Å². The number of aliphatic imine (C=N–C) groups is 1. The first kappa shape index (κ1) is 19.7. The predicted octanol–water partition coefficient (Wildman–Crippen LogP) is 3.47. The van der Waals surface area contributed by atoms with Gasteiger partial charge in [-0.05, 0) is 32.4 Å². The van der Waals surface area contributed by atoms with Crippen molar-refractivity contribution in [3.8, 4) is 0 Å². The second-order valence-corrected chi connectivity index (χ2v) is 5.95. The topological polar surface area (TPSA) is 53.9 Å². The SMILES string of the molecule is C=C/C(=C\CC(C)=NC)C1CN(CC(C)=CC=C(C)OC)C(=O)N1. The van der Waals surface area contributed by atoms with Gasteiger partial charge >= 0.3 is 6.03 Å². The van der Waals surface area contributed by atoms with Gasteiger partial charge < -0.3 is 15.0 Å². The highest BCUT2D eigenvalue weighted by Crippen LogP contribution is 2.15. The molecule has 1 atom stereocenters. The first-order valence-electron chi connectivity index (χ1n) is 8.09. The maximum absolute atomic E-state index is 12.2. The van der Waals surface area contributed by atoms with Crippen LogP contribution in [0.2, 0.25) is 0 Å². The fourth-order valence-corrected chi connectivity index (χ4v) is 2.32. The number of methoxy groups -OCH3 is 1. The number of allylic oxidation sites excluding steroid dienone is 4. The highest BCUT2D eigenvalue weighted by atomic mass is 16.5. The van der Waals surface area contributed by atoms with Crippen molar-refractivity contribution in [2.45, 2.75) is 33.2 Å². The fourth-order valence-electron chi connectivity index (χ4n) is 2.32. The number of hydrogen-bond acceptors (Lipinski definition) is 3. The van der Waals surface area contributed by atoms with Gasteiger partial charge in [-0.3, -0.25) is 4.99 Å². The van der Waals surface area contributed by atoms with Crippen molar-refractivity contribution in [1.82, 2.24) is 10.2 Å². The molecule has 5 nitrogen and oxygen atoms in total. The third-order valence-electron chi connectivity index (χ3n) is 4.01. The second kappa shape index (κ2) is 9.75. The summed E-state index contributed by atoms with van der Waals surface area (Å²) in [4.78, 5) is 18.2. The van der Waals surface area contributed by atoms with Crippen LogP contribution in [0.1, 0.15) is 27.2 Å². The minimum Gasteiger partial charge on any atom is -0.501 e. The Morgan fingerprint density at radius 1 is 1.42 bits per heavy atom. The Labute approximate surface area is 145 Å². The molecule has 132 valence electrons. The first-order chi connectivity index (χ1) is 11.4. The molecular formula is C19H29N3O2. The molecule has 1 rings (SSSR count). The third kappa shape index (κ3) is 6.07. The molecule has 5 heteroatoms. The van der Waals surface area contributed by atoms with Crippen LogP contribution in [0, 0.1) is 0 Å². The van der Waals surface area contributed by atoms with Crippen molar-refractivity contribution in [1.29, 1.82) is 0 Å². The van der Waals surface area contributed by atoms with Crippen LogP contribution in [0.4, 0.5) is 4.79 Å². The number of hydrogen-bond donors (Lipinski definition) is 1. The maximum Gasteiger partial charge on any atom is 0.318 e. The molecule has 1 saturated heterocycles. The van der Waals surface area contributed by atoms with Gasteiger partial charge in [0.05, 0.1) is 18.9 Å². The summed E-state index contributed by atoms with van der Waals surface area (Å²) in [6, 6.07) is -0.0717. The van der Waals surface area contributed by atoms with E-state index in [0.717, 1.165) is 29.0 Å². The smallest absolute Gasteiger partial charge is 0.318 e.